The lowest BCUT2D eigenvalue weighted by Crippen LogP contribution is -2.34. The Balaban J connectivity index is 2.07. The second-order valence-corrected chi connectivity index (χ2v) is 5.82. The van der Waals surface area contributed by atoms with Gasteiger partial charge >= 0.3 is 0 Å². The Bertz CT molecular complexity index is 164. The van der Waals surface area contributed by atoms with E-state index in [4.69, 9.17) is 11.6 Å². The maximum atomic E-state index is 5.76. The van der Waals surface area contributed by atoms with Crippen molar-refractivity contribution in [2.24, 2.45) is 11.8 Å². The van der Waals surface area contributed by atoms with E-state index in [9.17, 15) is 0 Å². The summed E-state index contributed by atoms with van der Waals surface area (Å²) in [5, 5.41) is 0. The molecular weight excluding hydrogens is 218 g/mol. The monoisotopic (exact) mass is 245 g/mol. The Kier molecular flexibility index (Phi) is 7.47. The molecule has 0 aliphatic carbocycles. The number of likely N-dealkylation sites (tertiary alicyclic amines) is 1. The summed E-state index contributed by atoms with van der Waals surface area (Å²) in [4.78, 5) is 2.65. The Morgan fingerprint density at radius 3 is 2.50 bits per heavy atom. The van der Waals surface area contributed by atoms with E-state index < -0.39 is 0 Å². The van der Waals surface area contributed by atoms with Gasteiger partial charge in [-0.2, -0.15) is 0 Å². The zero-order chi connectivity index (χ0) is 11.8. The molecule has 1 rings (SSSR count). The van der Waals surface area contributed by atoms with Crippen molar-refractivity contribution in [1.29, 1.82) is 0 Å². The van der Waals surface area contributed by atoms with E-state index in [0.29, 0.717) is 0 Å². The highest BCUT2D eigenvalue weighted by Gasteiger charge is 2.18. The van der Waals surface area contributed by atoms with Gasteiger partial charge in [-0.3, -0.25) is 0 Å². The second-order valence-electron chi connectivity index (χ2n) is 5.45. The predicted octanol–water partition coefficient (Wildman–Crippen LogP) is 4.15. The molecule has 16 heavy (non-hydrogen) atoms. The van der Waals surface area contributed by atoms with Crippen LogP contribution in [0.5, 0.6) is 0 Å². The molecule has 1 nitrogen and oxygen atoms in total. The molecule has 1 atom stereocenters. The molecule has 1 heterocycles. The fourth-order valence-electron chi connectivity index (χ4n) is 2.64. The molecule has 0 radical (unpaired) electrons. The highest BCUT2D eigenvalue weighted by atomic mass is 35.5. The minimum absolute atomic E-state index is 0.797. The average Bonchev–Trinajstić information content (AvgIpc) is 2.29. The Hall–Kier alpha value is 0.250. The van der Waals surface area contributed by atoms with E-state index in [1.165, 1.54) is 58.2 Å². The maximum Gasteiger partial charge on any atom is 0.0225 e. The summed E-state index contributed by atoms with van der Waals surface area (Å²) in [5.41, 5.74) is 0. The van der Waals surface area contributed by atoms with Crippen LogP contribution in [0.3, 0.4) is 0 Å². The smallest absolute Gasteiger partial charge is 0.0225 e. The molecule has 96 valence electrons. The largest absolute Gasteiger partial charge is 0.303 e. The van der Waals surface area contributed by atoms with Gasteiger partial charge in [0.05, 0.1) is 0 Å². The number of hydrogen-bond acceptors (Lipinski definition) is 1. The van der Waals surface area contributed by atoms with Gasteiger partial charge in [-0.15, -0.1) is 11.6 Å². The third-order valence-corrected chi connectivity index (χ3v) is 4.16. The van der Waals surface area contributed by atoms with Crippen LogP contribution in [0, 0.1) is 11.8 Å². The Labute approximate surface area is 107 Å². The van der Waals surface area contributed by atoms with Crippen molar-refractivity contribution in [3.05, 3.63) is 0 Å². The fourth-order valence-corrected chi connectivity index (χ4v) is 3.01. The molecule has 1 fully saturated rings. The van der Waals surface area contributed by atoms with Crippen molar-refractivity contribution in [2.45, 2.75) is 52.4 Å². The van der Waals surface area contributed by atoms with Crippen LogP contribution in [0.2, 0.25) is 0 Å². The lowest BCUT2D eigenvalue weighted by atomic mass is 9.92. The van der Waals surface area contributed by atoms with Crippen LogP contribution in [-0.2, 0) is 0 Å². The fraction of sp³-hybridized carbons (Fsp3) is 1.00. The van der Waals surface area contributed by atoms with Crippen molar-refractivity contribution in [3.63, 3.8) is 0 Å². The average molecular weight is 246 g/mol. The van der Waals surface area contributed by atoms with Gasteiger partial charge in [0.25, 0.3) is 0 Å². The standard InChI is InChI=1S/C14H28ClN/c1-3-4-14-7-11-16(12-8-14)10-6-13(2)5-9-15/h13-14H,3-12H2,1-2H3. The number of rotatable bonds is 7. The van der Waals surface area contributed by atoms with E-state index in [0.717, 1.165) is 17.7 Å². The van der Waals surface area contributed by atoms with Gasteiger partial charge in [0, 0.05) is 5.88 Å². The van der Waals surface area contributed by atoms with Crippen molar-refractivity contribution in [3.8, 4) is 0 Å². The molecule has 0 saturated carbocycles. The topological polar surface area (TPSA) is 3.24 Å². The summed E-state index contributed by atoms with van der Waals surface area (Å²) < 4.78 is 0. The van der Waals surface area contributed by atoms with Gasteiger partial charge in [0.2, 0.25) is 0 Å². The van der Waals surface area contributed by atoms with Crippen molar-refractivity contribution >= 4 is 11.6 Å². The minimum atomic E-state index is 0.797. The van der Waals surface area contributed by atoms with Gasteiger partial charge < -0.3 is 4.90 Å². The van der Waals surface area contributed by atoms with Gasteiger partial charge in [0.15, 0.2) is 0 Å². The highest BCUT2D eigenvalue weighted by Crippen LogP contribution is 2.22. The van der Waals surface area contributed by atoms with Crippen LogP contribution in [0.25, 0.3) is 0 Å². The second kappa shape index (κ2) is 8.36. The van der Waals surface area contributed by atoms with Crippen LogP contribution < -0.4 is 0 Å². The normalized spacial score (nSPS) is 21.2. The summed E-state index contributed by atoms with van der Waals surface area (Å²) in [6, 6.07) is 0. The van der Waals surface area contributed by atoms with Gasteiger partial charge in [-0.25, -0.2) is 0 Å². The third kappa shape index (κ3) is 5.54. The first-order valence-corrected chi connectivity index (χ1v) is 7.58. The number of piperidine rings is 1. The first-order chi connectivity index (χ1) is 7.76. The van der Waals surface area contributed by atoms with Gasteiger partial charge in [-0.1, -0.05) is 26.7 Å². The molecule has 0 spiro atoms. The summed E-state index contributed by atoms with van der Waals surface area (Å²) in [6.45, 7) is 8.58. The first kappa shape index (κ1) is 14.3. The maximum absolute atomic E-state index is 5.76. The van der Waals surface area contributed by atoms with Crippen molar-refractivity contribution in [2.75, 3.05) is 25.5 Å². The van der Waals surface area contributed by atoms with E-state index in [-0.39, 0.29) is 0 Å². The molecule has 0 bridgehead atoms. The van der Waals surface area contributed by atoms with Crippen LogP contribution >= 0.6 is 11.6 Å². The van der Waals surface area contributed by atoms with E-state index in [1.54, 1.807) is 0 Å². The summed E-state index contributed by atoms with van der Waals surface area (Å²) in [7, 11) is 0. The summed E-state index contributed by atoms with van der Waals surface area (Å²) in [6.07, 6.45) is 8.16. The molecule has 1 aliphatic rings. The lowest BCUT2D eigenvalue weighted by molar-refractivity contribution is 0.170. The number of alkyl halides is 1. The molecule has 1 aliphatic heterocycles. The number of nitrogens with zero attached hydrogens (tertiary/aromatic N) is 1. The Morgan fingerprint density at radius 1 is 1.25 bits per heavy atom. The van der Waals surface area contributed by atoms with E-state index in [1.807, 2.05) is 0 Å². The zero-order valence-corrected chi connectivity index (χ0v) is 11.8. The predicted molar refractivity (Wildman–Crippen MR) is 73.2 cm³/mol. The molecule has 0 aromatic heterocycles. The third-order valence-electron chi connectivity index (χ3n) is 3.94. The van der Waals surface area contributed by atoms with E-state index >= 15 is 0 Å². The van der Waals surface area contributed by atoms with Crippen LogP contribution in [-0.4, -0.2) is 30.4 Å². The molecule has 1 saturated heterocycles. The summed E-state index contributed by atoms with van der Waals surface area (Å²) in [5.74, 6) is 2.63. The van der Waals surface area contributed by atoms with Crippen LogP contribution in [0.15, 0.2) is 0 Å². The molecule has 0 aromatic rings. The van der Waals surface area contributed by atoms with Crippen LogP contribution in [0.4, 0.5) is 0 Å². The molecule has 1 unspecified atom stereocenters. The molecular formula is C14H28ClN. The molecule has 0 N–H and O–H groups in total. The molecule has 0 aromatic carbocycles. The van der Waals surface area contributed by atoms with Gasteiger partial charge in [0.1, 0.15) is 0 Å². The SMILES string of the molecule is CCCC1CCN(CCC(C)CCCl)CC1. The molecule has 2 heteroatoms. The highest BCUT2D eigenvalue weighted by molar-refractivity contribution is 6.17. The van der Waals surface area contributed by atoms with Crippen LogP contribution in [0.1, 0.15) is 52.4 Å². The number of hydrogen-bond donors (Lipinski definition) is 0. The first-order valence-electron chi connectivity index (χ1n) is 7.04. The summed E-state index contributed by atoms with van der Waals surface area (Å²) >= 11 is 5.76. The minimum Gasteiger partial charge on any atom is -0.303 e. The van der Waals surface area contributed by atoms with E-state index in [2.05, 4.69) is 18.7 Å². The quantitative estimate of drug-likeness (QED) is 0.609. The van der Waals surface area contributed by atoms with Crippen molar-refractivity contribution < 1.29 is 0 Å². The number of halogens is 1. The zero-order valence-electron chi connectivity index (χ0n) is 11.1. The Morgan fingerprint density at radius 2 is 1.94 bits per heavy atom. The molecule has 0 amide bonds. The lowest BCUT2D eigenvalue weighted by Gasteiger charge is -2.32. The van der Waals surface area contributed by atoms with Crippen molar-refractivity contribution in [1.82, 2.24) is 4.90 Å². The van der Waals surface area contributed by atoms with Gasteiger partial charge in [-0.05, 0) is 57.2 Å².